The van der Waals surface area contributed by atoms with Crippen LogP contribution in [-0.4, -0.2) is 29.0 Å². The second-order valence-corrected chi connectivity index (χ2v) is 5.22. The SMILES string of the molecule is CC1CCN(C(=O)c2ccc(Br)cc2O)C1. The number of amides is 1. The molecule has 1 aromatic carbocycles. The van der Waals surface area contributed by atoms with Gasteiger partial charge in [-0.25, -0.2) is 0 Å². The summed E-state index contributed by atoms with van der Waals surface area (Å²) in [6.07, 6.45) is 1.04. The van der Waals surface area contributed by atoms with E-state index in [1.165, 1.54) is 0 Å². The molecule has 1 atom stereocenters. The van der Waals surface area contributed by atoms with Crippen LogP contribution in [0.1, 0.15) is 23.7 Å². The number of benzene rings is 1. The number of hydrogen-bond donors (Lipinski definition) is 1. The molecule has 2 rings (SSSR count). The molecule has 1 aromatic rings. The highest BCUT2D eigenvalue weighted by Gasteiger charge is 2.25. The van der Waals surface area contributed by atoms with Gasteiger partial charge in [-0.05, 0) is 30.5 Å². The maximum Gasteiger partial charge on any atom is 0.257 e. The Morgan fingerprint density at radius 2 is 2.31 bits per heavy atom. The fraction of sp³-hybridized carbons (Fsp3) is 0.417. The number of likely N-dealkylation sites (tertiary alicyclic amines) is 1. The minimum absolute atomic E-state index is 0.0407. The average Bonchev–Trinajstić information content (AvgIpc) is 2.64. The molecular formula is C12H14BrNO2. The molecule has 4 heteroatoms. The first-order valence-electron chi connectivity index (χ1n) is 5.35. The summed E-state index contributed by atoms with van der Waals surface area (Å²) in [5, 5.41) is 9.71. The predicted molar refractivity (Wildman–Crippen MR) is 65.5 cm³/mol. The summed E-state index contributed by atoms with van der Waals surface area (Å²) >= 11 is 3.25. The van der Waals surface area contributed by atoms with Crippen molar-refractivity contribution in [2.24, 2.45) is 5.92 Å². The summed E-state index contributed by atoms with van der Waals surface area (Å²) in [5.74, 6) is 0.523. The Morgan fingerprint density at radius 3 is 2.88 bits per heavy atom. The standard InChI is InChI=1S/C12H14BrNO2/c1-8-4-5-14(7-8)12(16)10-3-2-9(13)6-11(10)15/h2-3,6,8,15H,4-5,7H2,1H3. The number of nitrogens with zero attached hydrogens (tertiary/aromatic N) is 1. The first-order chi connectivity index (χ1) is 7.58. The van der Waals surface area contributed by atoms with Crippen LogP contribution in [0.5, 0.6) is 5.75 Å². The number of hydrogen-bond acceptors (Lipinski definition) is 2. The monoisotopic (exact) mass is 283 g/mol. The van der Waals surface area contributed by atoms with Gasteiger partial charge in [0.1, 0.15) is 5.75 Å². The van der Waals surface area contributed by atoms with Crippen molar-refractivity contribution in [3.8, 4) is 5.75 Å². The summed E-state index contributed by atoms with van der Waals surface area (Å²) in [7, 11) is 0. The molecule has 1 heterocycles. The first-order valence-corrected chi connectivity index (χ1v) is 6.15. The van der Waals surface area contributed by atoms with Gasteiger partial charge in [-0.1, -0.05) is 22.9 Å². The average molecular weight is 284 g/mol. The van der Waals surface area contributed by atoms with Gasteiger partial charge in [0.25, 0.3) is 5.91 Å². The van der Waals surface area contributed by atoms with Gasteiger partial charge < -0.3 is 10.0 Å². The molecule has 16 heavy (non-hydrogen) atoms. The van der Waals surface area contributed by atoms with E-state index in [-0.39, 0.29) is 11.7 Å². The molecule has 1 amide bonds. The van der Waals surface area contributed by atoms with Gasteiger partial charge in [-0.2, -0.15) is 0 Å². The van der Waals surface area contributed by atoms with Crippen LogP contribution in [-0.2, 0) is 0 Å². The molecule has 0 saturated carbocycles. The third-order valence-electron chi connectivity index (χ3n) is 2.90. The van der Waals surface area contributed by atoms with Gasteiger partial charge in [-0.3, -0.25) is 4.79 Å². The topological polar surface area (TPSA) is 40.5 Å². The van der Waals surface area contributed by atoms with E-state index >= 15 is 0 Å². The number of rotatable bonds is 1. The summed E-state index contributed by atoms with van der Waals surface area (Å²) in [6.45, 7) is 3.71. The Hall–Kier alpha value is -1.03. The van der Waals surface area contributed by atoms with Crippen molar-refractivity contribution in [2.45, 2.75) is 13.3 Å². The van der Waals surface area contributed by atoms with E-state index < -0.39 is 0 Å². The molecule has 0 aromatic heterocycles. The molecule has 1 unspecified atom stereocenters. The highest BCUT2D eigenvalue weighted by atomic mass is 79.9. The molecule has 1 saturated heterocycles. The maximum absolute atomic E-state index is 12.1. The largest absolute Gasteiger partial charge is 0.507 e. The molecule has 3 nitrogen and oxygen atoms in total. The minimum Gasteiger partial charge on any atom is -0.507 e. The third kappa shape index (κ3) is 2.21. The second-order valence-electron chi connectivity index (χ2n) is 4.31. The van der Waals surface area contributed by atoms with Crippen LogP contribution in [0.25, 0.3) is 0 Å². The quantitative estimate of drug-likeness (QED) is 0.861. The van der Waals surface area contributed by atoms with E-state index in [1.807, 2.05) is 0 Å². The number of carbonyl (C=O) groups is 1. The molecule has 0 radical (unpaired) electrons. The van der Waals surface area contributed by atoms with Gasteiger partial charge in [0.05, 0.1) is 5.56 Å². The molecule has 0 bridgehead atoms. The Kier molecular flexibility index (Phi) is 3.19. The fourth-order valence-electron chi connectivity index (χ4n) is 1.98. The lowest BCUT2D eigenvalue weighted by molar-refractivity contribution is 0.0785. The third-order valence-corrected chi connectivity index (χ3v) is 3.39. The van der Waals surface area contributed by atoms with Crippen molar-refractivity contribution in [1.82, 2.24) is 4.90 Å². The Bertz CT molecular complexity index is 419. The highest BCUT2D eigenvalue weighted by molar-refractivity contribution is 9.10. The number of phenolic OH excluding ortho intramolecular Hbond substituents is 1. The van der Waals surface area contributed by atoms with Gasteiger partial charge in [0.2, 0.25) is 0 Å². The van der Waals surface area contributed by atoms with Crippen LogP contribution < -0.4 is 0 Å². The summed E-state index contributed by atoms with van der Waals surface area (Å²) in [4.78, 5) is 13.9. The molecule has 0 aliphatic carbocycles. The van der Waals surface area contributed by atoms with E-state index in [9.17, 15) is 9.90 Å². The van der Waals surface area contributed by atoms with E-state index in [4.69, 9.17) is 0 Å². The maximum atomic E-state index is 12.1. The summed E-state index contributed by atoms with van der Waals surface area (Å²) in [5.41, 5.74) is 0.386. The zero-order chi connectivity index (χ0) is 11.7. The number of halogens is 1. The minimum atomic E-state index is -0.0747. The zero-order valence-electron chi connectivity index (χ0n) is 9.11. The van der Waals surface area contributed by atoms with Gasteiger partial charge >= 0.3 is 0 Å². The lowest BCUT2D eigenvalue weighted by Gasteiger charge is -2.16. The first kappa shape index (κ1) is 11.5. The van der Waals surface area contributed by atoms with E-state index in [0.717, 1.165) is 24.0 Å². The molecule has 1 fully saturated rings. The molecular weight excluding hydrogens is 270 g/mol. The van der Waals surface area contributed by atoms with Gasteiger partial charge in [0, 0.05) is 17.6 Å². The van der Waals surface area contributed by atoms with Crippen molar-refractivity contribution >= 4 is 21.8 Å². The van der Waals surface area contributed by atoms with Crippen molar-refractivity contribution in [3.63, 3.8) is 0 Å². The molecule has 1 aliphatic heterocycles. The fourth-order valence-corrected chi connectivity index (χ4v) is 2.32. The van der Waals surface area contributed by atoms with Crippen LogP contribution in [0, 0.1) is 5.92 Å². The molecule has 1 N–H and O–H groups in total. The van der Waals surface area contributed by atoms with Crippen LogP contribution in [0.4, 0.5) is 0 Å². The van der Waals surface area contributed by atoms with E-state index in [0.29, 0.717) is 11.5 Å². The van der Waals surface area contributed by atoms with Crippen molar-refractivity contribution in [3.05, 3.63) is 28.2 Å². The smallest absolute Gasteiger partial charge is 0.257 e. The van der Waals surface area contributed by atoms with Crippen LogP contribution in [0.3, 0.4) is 0 Å². The van der Waals surface area contributed by atoms with Crippen molar-refractivity contribution in [1.29, 1.82) is 0 Å². The summed E-state index contributed by atoms with van der Waals surface area (Å²) in [6, 6.07) is 4.98. The van der Waals surface area contributed by atoms with E-state index in [2.05, 4.69) is 22.9 Å². The van der Waals surface area contributed by atoms with Crippen LogP contribution >= 0.6 is 15.9 Å². The number of phenols is 1. The lowest BCUT2D eigenvalue weighted by Crippen LogP contribution is -2.28. The normalized spacial score (nSPS) is 20.1. The van der Waals surface area contributed by atoms with Crippen molar-refractivity contribution in [2.75, 3.05) is 13.1 Å². The van der Waals surface area contributed by atoms with Gasteiger partial charge in [-0.15, -0.1) is 0 Å². The second kappa shape index (κ2) is 4.45. The lowest BCUT2D eigenvalue weighted by atomic mass is 10.1. The Labute approximate surface area is 103 Å². The Balaban J connectivity index is 2.21. The Morgan fingerprint density at radius 1 is 1.56 bits per heavy atom. The van der Waals surface area contributed by atoms with Crippen LogP contribution in [0.2, 0.25) is 0 Å². The predicted octanol–water partition coefficient (Wildman–Crippen LogP) is 2.64. The molecule has 0 spiro atoms. The zero-order valence-corrected chi connectivity index (χ0v) is 10.7. The number of carbonyl (C=O) groups excluding carboxylic acids is 1. The summed E-state index contributed by atoms with van der Waals surface area (Å²) < 4.78 is 0.774. The van der Waals surface area contributed by atoms with Crippen LogP contribution in [0.15, 0.2) is 22.7 Å². The highest BCUT2D eigenvalue weighted by Crippen LogP contribution is 2.25. The number of aromatic hydroxyl groups is 1. The van der Waals surface area contributed by atoms with Crippen molar-refractivity contribution < 1.29 is 9.90 Å². The molecule has 1 aliphatic rings. The molecule has 86 valence electrons. The van der Waals surface area contributed by atoms with E-state index in [1.54, 1.807) is 23.1 Å². The van der Waals surface area contributed by atoms with Gasteiger partial charge in [0.15, 0.2) is 0 Å².